The number of aliphatic hydroxyl groups excluding tert-OH is 1. The van der Waals surface area contributed by atoms with Crippen molar-refractivity contribution in [1.82, 2.24) is 20.5 Å². The minimum Gasteiger partial charge on any atom is -0.506 e. The number of aromatic hydroxyl groups is 1. The molecule has 1 aliphatic rings. The minimum atomic E-state index is -2.30. The number of pyridine rings is 1. The van der Waals surface area contributed by atoms with Gasteiger partial charge in [-0.05, 0) is 78.9 Å². The second kappa shape index (κ2) is 16.8. The lowest BCUT2D eigenvalue weighted by molar-refractivity contribution is -0.155. The lowest BCUT2D eigenvalue weighted by atomic mass is 9.86. The lowest BCUT2D eigenvalue weighted by Gasteiger charge is -2.33. The second-order valence-electron chi connectivity index (χ2n) is 13.3. The Balaban J connectivity index is 0.960. The molecule has 5 aromatic rings. The standard InChI is InChI=1S/C41H42N4O9/c46-34-17-15-32(33-16-18-36(48)44-38(33)34)35(47)23-42-20-19-26-11-13-27(14-12-26)39(50)45-21-5-9-30(24-45)43-37(49)25-54-31-10-4-8-29(22-31)41(53,40(51)52)28-6-2-1-3-7-28/h1-4,6-8,10-18,22,30,35,42,46-47,53H,5,9,19-21,23-25H2,(H,43,49)(H,44,48)(H,51,52)/t30-,35-,41-/m0/s1. The Kier molecular flexibility index (Phi) is 11.7. The fraction of sp³-hybridized carbons (Fsp3) is 0.268. The fourth-order valence-corrected chi connectivity index (χ4v) is 6.73. The number of nitrogens with zero attached hydrogens (tertiary/aromatic N) is 1. The van der Waals surface area contributed by atoms with Crippen molar-refractivity contribution in [2.75, 3.05) is 32.8 Å². The fourth-order valence-electron chi connectivity index (χ4n) is 6.73. The maximum absolute atomic E-state index is 13.4. The van der Waals surface area contributed by atoms with Crippen LogP contribution in [-0.2, 0) is 21.6 Å². The molecule has 0 saturated carbocycles. The third-order valence-electron chi connectivity index (χ3n) is 9.59. The van der Waals surface area contributed by atoms with E-state index < -0.39 is 23.6 Å². The number of benzene rings is 4. The maximum atomic E-state index is 13.4. The Labute approximate surface area is 310 Å². The van der Waals surface area contributed by atoms with Gasteiger partial charge in [-0.3, -0.25) is 14.4 Å². The predicted octanol–water partition coefficient (Wildman–Crippen LogP) is 3.22. The number of aromatic nitrogens is 1. The van der Waals surface area contributed by atoms with Gasteiger partial charge in [-0.25, -0.2) is 4.79 Å². The van der Waals surface area contributed by atoms with Crippen molar-refractivity contribution in [3.8, 4) is 11.5 Å². The van der Waals surface area contributed by atoms with Crippen molar-refractivity contribution in [2.24, 2.45) is 0 Å². The monoisotopic (exact) mass is 734 g/mol. The number of piperidine rings is 1. The van der Waals surface area contributed by atoms with Crippen LogP contribution in [0.1, 0.15) is 51.6 Å². The number of aliphatic carboxylic acids is 1. The molecule has 3 atom stereocenters. The van der Waals surface area contributed by atoms with E-state index in [1.54, 1.807) is 59.5 Å². The van der Waals surface area contributed by atoms with Gasteiger partial charge < -0.3 is 45.7 Å². The smallest absolute Gasteiger partial charge is 0.345 e. The third kappa shape index (κ3) is 8.60. The van der Waals surface area contributed by atoms with Crippen LogP contribution in [0.25, 0.3) is 10.9 Å². The van der Waals surface area contributed by atoms with E-state index >= 15 is 0 Å². The number of nitrogens with one attached hydrogen (secondary N) is 3. The van der Waals surface area contributed by atoms with E-state index in [-0.39, 0.29) is 58.8 Å². The highest BCUT2D eigenvalue weighted by atomic mass is 16.5. The van der Waals surface area contributed by atoms with Crippen molar-refractivity contribution in [3.63, 3.8) is 0 Å². The first-order chi connectivity index (χ1) is 26.0. The number of ether oxygens (including phenoxy) is 1. The molecule has 13 nitrogen and oxygen atoms in total. The number of rotatable bonds is 14. The number of fused-ring (bicyclic) bond motifs is 1. The summed E-state index contributed by atoms with van der Waals surface area (Å²) < 4.78 is 5.67. The van der Waals surface area contributed by atoms with Crippen molar-refractivity contribution >= 4 is 28.7 Å². The SMILES string of the molecule is O=C(COc1cccc([C@](O)(C(=O)O)c2ccccc2)c1)N[C@H]1CCCN(C(=O)c2ccc(CCNC[C@H](O)c3ccc(O)c4[nH]c(=O)ccc34)cc2)C1. The number of amides is 2. The predicted molar refractivity (Wildman–Crippen MR) is 200 cm³/mol. The quantitative estimate of drug-likeness (QED) is 0.0831. The molecule has 4 aromatic carbocycles. The number of phenolic OH excluding ortho intramolecular Hbond substituents is 1. The summed E-state index contributed by atoms with van der Waals surface area (Å²) in [6, 6.07) is 27.1. The molecule has 2 amide bonds. The number of H-pyrrole nitrogens is 1. The van der Waals surface area contributed by atoms with Crippen LogP contribution >= 0.6 is 0 Å². The molecule has 7 N–H and O–H groups in total. The van der Waals surface area contributed by atoms with Crippen molar-refractivity contribution in [2.45, 2.75) is 37.0 Å². The molecule has 0 spiro atoms. The van der Waals surface area contributed by atoms with Crippen LogP contribution in [0.2, 0.25) is 0 Å². The average Bonchev–Trinajstić information content (AvgIpc) is 3.19. The maximum Gasteiger partial charge on any atom is 0.345 e. The van der Waals surface area contributed by atoms with Gasteiger partial charge in [-0.1, -0.05) is 60.7 Å². The Morgan fingerprint density at radius 2 is 1.70 bits per heavy atom. The molecule has 1 aromatic heterocycles. The zero-order chi connectivity index (χ0) is 38.2. The highest BCUT2D eigenvalue weighted by molar-refractivity contribution is 5.94. The molecule has 0 unspecified atom stereocenters. The average molecular weight is 735 g/mol. The van der Waals surface area contributed by atoms with E-state index in [1.165, 1.54) is 36.4 Å². The number of aliphatic hydroxyl groups is 2. The number of hydrogen-bond acceptors (Lipinski definition) is 9. The third-order valence-corrected chi connectivity index (χ3v) is 9.59. The van der Waals surface area contributed by atoms with Gasteiger partial charge >= 0.3 is 5.97 Å². The summed E-state index contributed by atoms with van der Waals surface area (Å²) in [4.78, 5) is 54.4. The topological polar surface area (TPSA) is 202 Å². The van der Waals surface area contributed by atoms with Gasteiger partial charge in [0, 0.05) is 48.3 Å². The van der Waals surface area contributed by atoms with Crippen LogP contribution < -0.4 is 20.9 Å². The van der Waals surface area contributed by atoms with E-state index in [0.29, 0.717) is 55.4 Å². The highest BCUT2D eigenvalue weighted by Gasteiger charge is 2.40. The van der Waals surface area contributed by atoms with Gasteiger partial charge in [0.05, 0.1) is 11.6 Å². The van der Waals surface area contributed by atoms with Crippen LogP contribution in [0.4, 0.5) is 0 Å². The first-order valence-electron chi connectivity index (χ1n) is 17.7. The molecule has 0 aliphatic carbocycles. The summed E-state index contributed by atoms with van der Waals surface area (Å²) in [5.74, 6) is -1.82. The van der Waals surface area contributed by atoms with Crippen LogP contribution in [0.5, 0.6) is 11.5 Å². The molecule has 0 radical (unpaired) electrons. The summed E-state index contributed by atoms with van der Waals surface area (Å²) in [6.07, 6.45) is 1.19. The largest absolute Gasteiger partial charge is 0.506 e. The molecular weight excluding hydrogens is 692 g/mol. The molecule has 1 aliphatic heterocycles. The van der Waals surface area contributed by atoms with Crippen LogP contribution in [-0.4, -0.2) is 86.9 Å². The van der Waals surface area contributed by atoms with Gasteiger partial charge in [-0.15, -0.1) is 0 Å². The van der Waals surface area contributed by atoms with Crippen molar-refractivity contribution in [3.05, 3.63) is 141 Å². The summed E-state index contributed by atoms with van der Waals surface area (Å²) in [5, 5.41) is 48.7. The Morgan fingerprint density at radius 1 is 0.944 bits per heavy atom. The summed E-state index contributed by atoms with van der Waals surface area (Å²) >= 11 is 0. The number of carbonyl (C=O) groups is 3. The lowest BCUT2D eigenvalue weighted by Crippen LogP contribution is -2.50. The van der Waals surface area contributed by atoms with Crippen LogP contribution in [0.3, 0.4) is 0 Å². The van der Waals surface area contributed by atoms with Gasteiger partial charge in [0.15, 0.2) is 6.61 Å². The van der Waals surface area contributed by atoms with Gasteiger partial charge in [0.1, 0.15) is 11.5 Å². The molecule has 1 fully saturated rings. The normalized spacial score (nSPS) is 16.0. The zero-order valence-electron chi connectivity index (χ0n) is 29.4. The first kappa shape index (κ1) is 37.7. The number of carbonyl (C=O) groups excluding carboxylic acids is 2. The van der Waals surface area contributed by atoms with Gasteiger partial charge in [0.25, 0.3) is 11.8 Å². The van der Waals surface area contributed by atoms with E-state index in [2.05, 4.69) is 15.6 Å². The van der Waals surface area contributed by atoms with Gasteiger partial charge in [-0.2, -0.15) is 0 Å². The number of likely N-dealkylation sites (tertiary alicyclic amines) is 1. The Hall–Kier alpha value is -6.02. The number of phenols is 1. The van der Waals surface area contributed by atoms with Crippen molar-refractivity contribution in [1.29, 1.82) is 0 Å². The number of carboxylic acid groups (broad SMARTS) is 1. The van der Waals surface area contributed by atoms with E-state index in [1.807, 2.05) is 12.1 Å². The van der Waals surface area contributed by atoms with E-state index in [0.717, 1.165) is 5.56 Å². The summed E-state index contributed by atoms with van der Waals surface area (Å²) in [5.41, 5.74) is 0.0235. The summed E-state index contributed by atoms with van der Waals surface area (Å²) in [7, 11) is 0. The molecular formula is C41H42N4O9. The number of aromatic amines is 1. The first-order valence-corrected chi connectivity index (χ1v) is 17.7. The Bertz CT molecular complexity index is 2170. The molecule has 0 bridgehead atoms. The number of hydrogen-bond donors (Lipinski definition) is 7. The highest BCUT2D eigenvalue weighted by Crippen LogP contribution is 2.32. The van der Waals surface area contributed by atoms with Crippen LogP contribution in [0.15, 0.2) is 108 Å². The molecule has 2 heterocycles. The van der Waals surface area contributed by atoms with E-state index in [9.17, 15) is 39.6 Å². The molecule has 1 saturated heterocycles. The number of carboxylic acids is 1. The Morgan fingerprint density at radius 3 is 2.46 bits per heavy atom. The minimum absolute atomic E-state index is 0.0668. The molecule has 280 valence electrons. The van der Waals surface area contributed by atoms with Crippen molar-refractivity contribution < 1.29 is 39.5 Å². The van der Waals surface area contributed by atoms with Crippen LogP contribution in [0, 0.1) is 0 Å². The molecule has 54 heavy (non-hydrogen) atoms. The summed E-state index contributed by atoms with van der Waals surface area (Å²) in [6.45, 7) is 1.38. The molecule has 13 heteroatoms. The van der Waals surface area contributed by atoms with E-state index in [4.69, 9.17) is 4.74 Å². The second-order valence-corrected chi connectivity index (χ2v) is 13.3. The van der Waals surface area contributed by atoms with Gasteiger partial charge in [0.2, 0.25) is 11.2 Å². The molecule has 6 rings (SSSR count). The zero-order valence-corrected chi connectivity index (χ0v) is 29.4.